The van der Waals surface area contributed by atoms with Gasteiger partial charge in [0.1, 0.15) is 0 Å². The van der Waals surface area contributed by atoms with Crippen molar-refractivity contribution < 1.29 is 4.74 Å². The van der Waals surface area contributed by atoms with Gasteiger partial charge in [-0.1, -0.05) is 30.3 Å². The summed E-state index contributed by atoms with van der Waals surface area (Å²) < 4.78 is 8.17. The van der Waals surface area contributed by atoms with Crippen LogP contribution in [0.15, 0.2) is 53.1 Å². The van der Waals surface area contributed by atoms with E-state index < -0.39 is 0 Å². The SMILES string of the molecule is CN=C(NCc1cn2ccsc2n1)N1CC2OCCN(Cc3ccccc3)C2C1.I. The third-order valence-corrected chi connectivity index (χ3v) is 6.50. The lowest BCUT2D eigenvalue weighted by Gasteiger charge is -2.36. The Balaban J connectivity index is 0.00000218. The van der Waals surface area contributed by atoms with E-state index in [1.54, 1.807) is 11.3 Å². The highest BCUT2D eigenvalue weighted by Crippen LogP contribution is 2.24. The van der Waals surface area contributed by atoms with Gasteiger partial charge >= 0.3 is 0 Å². The number of halogens is 1. The molecule has 0 aliphatic carbocycles. The van der Waals surface area contributed by atoms with Crippen LogP contribution in [0.5, 0.6) is 0 Å². The fourth-order valence-electron chi connectivity index (χ4n) is 4.31. The zero-order valence-corrected chi connectivity index (χ0v) is 20.1. The van der Waals surface area contributed by atoms with Crippen LogP contribution in [0.3, 0.4) is 0 Å². The quantitative estimate of drug-likeness (QED) is 0.315. The summed E-state index contributed by atoms with van der Waals surface area (Å²) in [5.74, 6) is 0.916. The van der Waals surface area contributed by atoms with Gasteiger partial charge in [0.2, 0.25) is 0 Å². The van der Waals surface area contributed by atoms with Crippen LogP contribution in [0.2, 0.25) is 0 Å². The molecule has 7 nitrogen and oxygen atoms in total. The number of imidazole rings is 1. The molecule has 2 unspecified atom stereocenters. The minimum atomic E-state index is 0. The molecule has 2 aromatic heterocycles. The van der Waals surface area contributed by atoms with Gasteiger partial charge in [-0.05, 0) is 5.56 Å². The Kier molecular flexibility index (Phi) is 6.91. The van der Waals surface area contributed by atoms with Crippen LogP contribution in [-0.2, 0) is 17.8 Å². The number of morpholine rings is 1. The maximum absolute atomic E-state index is 6.11. The van der Waals surface area contributed by atoms with Crippen LogP contribution in [-0.4, -0.2) is 70.6 Å². The molecule has 160 valence electrons. The summed E-state index contributed by atoms with van der Waals surface area (Å²) in [6.45, 7) is 5.20. The lowest BCUT2D eigenvalue weighted by Crippen LogP contribution is -2.50. The van der Waals surface area contributed by atoms with E-state index in [0.717, 1.165) is 49.4 Å². The van der Waals surface area contributed by atoms with Gasteiger partial charge in [0.25, 0.3) is 0 Å². The van der Waals surface area contributed by atoms with Crippen LogP contribution in [0.4, 0.5) is 0 Å². The fraction of sp³-hybridized carbons (Fsp3) is 0.429. The second-order valence-electron chi connectivity index (χ2n) is 7.56. The predicted molar refractivity (Wildman–Crippen MR) is 131 cm³/mol. The minimum absolute atomic E-state index is 0. The minimum Gasteiger partial charge on any atom is -0.373 e. The second-order valence-corrected chi connectivity index (χ2v) is 8.44. The molecule has 5 rings (SSSR count). The third-order valence-electron chi connectivity index (χ3n) is 5.73. The van der Waals surface area contributed by atoms with Gasteiger partial charge in [-0.3, -0.25) is 14.3 Å². The Hall–Kier alpha value is -1.69. The van der Waals surface area contributed by atoms with Crippen molar-refractivity contribution in [2.24, 2.45) is 4.99 Å². The number of nitrogens with zero attached hydrogens (tertiary/aromatic N) is 5. The van der Waals surface area contributed by atoms with E-state index in [-0.39, 0.29) is 30.1 Å². The number of guanidine groups is 1. The number of hydrogen-bond donors (Lipinski definition) is 1. The number of rotatable bonds is 4. The van der Waals surface area contributed by atoms with Crippen LogP contribution in [0, 0.1) is 0 Å². The largest absolute Gasteiger partial charge is 0.373 e. The van der Waals surface area contributed by atoms with E-state index in [0.29, 0.717) is 12.6 Å². The van der Waals surface area contributed by atoms with Crippen LogP contribution < -0.4 is 5.32 Å². The number of aromatic nitrogens is 2. The average molecular weight is 538 g/mol. The Labute approximate surface area is 197 Å². The van der Waals surface area contributed by atoms with E-state index in [1.807, 2.05) is 18.6 Å². The van der Waals surface area contributed by atoms with Crippen molar-refractivity contribution in [3.8, 4) is 0 Å². The highest BCUT2D eigenvalue weighted by molar-refractivity contribution is 14.0. The lowest BCUT2D eigenvalue weighted by molar-refractivity contribution is -0.0502. The number of fused-ring (bicyclic) bond motifs is 2. The van der Waals surface area contributed by atoms with Gasteiger partial charge in [0.15, 0.2) is 10.9 Å². The molecular formula is C21H27IN6OS. The van der Waals surface area contributed by atoms with Crippen molar-refractivity contribution in [2.75, 3.05) is 33.3 Å². The molecule has 2 saturated heterocycles. The van der Waals surface area contributed by atoms with E-state index in [2.05, 4.69) is 66.0 Å². The molecule has 0 saturated carbocycles. The lowest BCUT2D eigenvalue weighted by atomic mass is 10.1. The van der Waals surface area contributed by atoms with Gasteiger partial charge < -0.3 is 15.0 Å². The standard InChI is InChI=1S/C21H26N6OS.HI/c1-22-20(23-11-17-13-26-8-10-29-21(26)24-17)27-14-18-19(15-27)28-9-7-25(18)12-16-5-3-2-4-6-16;/h2-6,8,10,13,18-19H,7,9,11-12,14-15H2,1H3,(H,22,23);1H. The molecule has 1 aromatic carbocycles. The predicted octanol–water partition coefficient (Wildman–Crippen LogP) is 2.67. The molecule has 0 bridgehead atoms. The van der Waals surface area contributed by atoms with Gasteiger partial charge in [-0.25, -0.2) is 4.98 Å². The van der Waals surface area contributed by atoms with Gasteiger partial charge in [-0.15, -0.1) is 35.3 Å². The van der Waals surface area contributed by atoms with E-state index in [9.17, 15) is 0 Å². The highest BCUT2D eigenvalue weighted by atomic mass is 127. The first kappa shape index (κ1) is 21.5. The topological polar surface area (TPSA) is 57.4 Å². The molecule has 3 aromatic rings. The van der Waals surface area contributed by atoms with Crippen molar-refractivity contribution in [1.29, 1.82) is 0 Å². The first-order valence-electron chi connectivity index (χ1n) is 10.1. The Morgan fingerprint density at radius 3 is 2.97 bits per heavy atom. The number of aliphatic imine (C=N–C) groups is 1. The van der Waals surface area contributed by atoms with Crippen molar-refractivity contribution >= 4 is 46.2 Å². The molecule has 2 fully saturated rings. The molecule has 30 heavy (non-hydrogen) atoms. The second kappa shape index (κ2) is 9.63. The summed E-state index contributed by atoms with van der Waals surface area (Å²) in [5.41, 5.74) is 2.38. The maximum Gasteiger partial charge on any atom is 0.194 e. The van der Waals surface area contributed by atoms with Crippen molar-refractivity contribution in [3.63, 3.8) is 0 Å². The van der Waals surface area contributed by atoms with E-state index >= 15 is 0 Å². The molecule has 4 heterocycles. The van der Waals surface area contributed by atoms with Gasteiger partial charge in [0.05, 0.1) is 31.0 Å². The highest BCUT2D eigenvalue weighted by Gasteiger charge is 2.41. The van der Waals surface area contributed by atoms with Crippen LogP contribution >= 0.6 is 35.3 Å². The Morgan fingerprint density at radius 2 is 2.17 bits per heavy atom. The zero-order valence-electron chi connectivity index (χ0n) is 17.0. The van der Waals surface area contributed by atoms with E-state index in [1.165, 1.54) is 5.56 Å². The Morgan fingerprint density at radius 1 is 1.30 bits per heavy atom. The Bertz CT molecular complexity index is 961. The summed E-state index contributed by atoms with van der Waals surface area (Å²) in [6.07, 6.45) is 4.33. The number of nitrogens with one attached hydrogen (secondary N) is 1. The molecule has 0 spiro atoms. The van der Waals surface area contributed by atoms with Gasteiger partial charge in [0, 0.05) is 51.0 Å². The summed E-state index contributed by atoms with van der Waals surface area (Å²) in [4.78, 5) is 15.1. The molecule has 0 amide bonds. The number of thiazole rings is 1. The number of ether oxygens (including phenoxy) is 1. The first-order chi connectivity index (χ1) is 14.3. The fourth-order valence-corrected chi connectivity index (χ4v) is 5.03. The average Bonchev–Trinajstić information content (AvgIpc) is 3.44. The van der Waals surface area contributed by atoms with Gasteiger partial charge in [-0.2, -0.15) is 0 Å². The number of hydrogen-bond acceptors (Lipinski definition) is 5. The monoisotopic (exact) mass is 538 g/mol. The van der Waals surface area contributed by atoms with Crippen LogP contribution in [0.1, 0.15) is 11.3 Å². The maximum atomic E-state index is 6.11. The smallest absolute Gasteiger partial charge is 0.194 e. The number of likely N-dealkylation sites (tertiary alicyclic amines) is 1. The summed E-state index contributed by atoms with van der Waals surface area (Å²) in [7, 11) is 1.85. The molecule has 1 N–H and O–H groups in total. The summed E-state index contributed by atoms with van der Waals surface area (Å²) in [6, 6.07) is 11.1. The molecule has 2 aliphatic rings. The van der Waals surface area contributed by atoms with Crippen molar-refractivity contribution in [2.45, 2.75) is 25.2 Å². The van der Waals surface area contributed by atoms with E-state index in [4.69, 9.17) is 4.74 Å². The molecule has 2 aliphatic heterocycles. The van der Waals surface area contributed by atoms with Crippen molar-refractivity contribution in [3.05, 3.63) is 59.4 Å². The van der Waals surface area contributed by atoms with Crippen LogP contribution in [0.25, 0.3) is 4.96 Å². The summed E-state index contributed by atoms with van der Waals surface area (Å²) >= 11 is 1.65. The van der Waals surface area contributed by atoms with Crippen molar-refractivity contribution in [1.82, 2.24) is 24.5 Å². The first-order valence-corrected chi connectivity index (χ1v) is 10.9. The summed E-state index contributed by atoms with van der Waals surface area (Å²) in [5, 5.41) is 5.53. The normalized spacial score (nSPS) is 22.2. The zero-order chi connectivity index (χ0) is 19.6. The number of benzene rings is 1. The third kappa shape index (κ3) is 4.48. The molecular weight excluding hydrogens is 511 g/mol. The molecule has 9 heteroatoms. The molecule has 0 radical (unpaired) electrons. The molecule has 2 atom stereocenters.